The van der Waals surface area contributed by atoms with Gasteiger partial charge in [0.15, 0.2) is 0 Å². The summed E-state index contributed by atoms with van der Waals surface area (Å²) in [4.78, 5) is 17.7. The lowest BCUT2D eigenvalue weighted by molar-refractivity contribution is -0.142. The van der Waals surface area contributed by atoms with E-state index in [0.717, 1.165) is 5.56 Å². The normalized spacial score (nSPS) is 11.1. The quantitative estimate of drug-likeness (QED) is 0.759. The average molecular weight is 289 g/mol. The Bertz CT molecular complexity index is 581. The van der Waals surface area contributed by atoms with Crippen LogP contribution in [0.15, 0.2) is 34.9 Å². The molecule has 0 spiro atoms. The summed E-state index contributed by atoms with van der Waals surface area (Å²) in [5, 5.41) is 3.97. The number of hydrogen-bond acceptors (Lipinski definition) is 6. The number of hydrogen-bond donors (Lipinski definition) is 0. The molecule has 112 valence electrons. The second-order valence-corrected chi connectivity index (χ2v) is 4.95. The van der Waals surface area contributed by atoms with Crippen molar-refractivity contribution in [3.05, 3.63) is 36.2 Å². The van der Waals surface area contributed by atoms with Crippen molar-refractivity contribution in [2.75, 3.05) is 13.7 Å². The number of aromatic nitrogens is 2. The Morgan fingerprint density at radius 3 is 2.67 bits per heavy atom. The first-order chi connectivity index (χ1) is 10.1. The highest BCUT2D eigenvalue weighted by molar-refractivity contribution is 5.71. The fourth-order valence-electron chi connectivity index (χ4n) is 1.85. The van der Waals surface area contributed by atoms with E-state index >= 15 is 0 Å². The van der Waals surface area contributed by atoms with Crippen molar-refractivity contribution < 1.29 is 14.1 Å². The van der Waals surface area contributed by atoms with Crippen LogP contribution in [0.1, 0.15) is 19.7 Å². The van der Waals surface area contributed by atoms with Gasteiger partial charge in [0.2, 0.25) is 11.7 Å². The number of nitrogens with zero attached hydrogens (tertiary/aromatic N) is 3. The van der Waals surface area contributed by atoms with Crippen LogP contribution in [-0.4, -0.2) is 40.7 Å². The van der Waals surface area contributed by atoms with Crippen LogP contribution < -0.4 is 0 Å². The van der Waals surface area contributed by atoms with Crippen molar-refractivity contribution in [2.45, 2.75) is 26.4 Å². The summed E-state index contributed by atoms with van der Waals surface area (Å²) in [6, 6.07) is 9.77. The molecule has 0 unspecified atom stereocenters. The first-order valence-corrected chi connectivity index (χ1v) is 6.79. The Morgan fingerprint density at radius 1 is 1.33 bits per heavy atom. The summed E-state index contributed by atoms with van der Waals surface area (Å²) in [6.07, 6.45) is 0. The van der Waals surface area contributed by atoms with E-state index in [4.69, 9.17) is 9.26 Å². The number of carbonyl (C=O) groups is 1. The smallest absolute Gasteiger partial charge is 0.319 e. The molecule has 0 aliphatic rings. The van der Waals surface area contributed by atoms with Gasteiger partial charge < -0.3 is 9.26 Å². The van der Waals surface area contributed by atoms with Crippen molar-refractivity contribution in [1.29, 1.82) is 0 Å². The van der Waals surface area contributed by atoms with Crippen molar-refractivity contribution in [3.8, 4) is 11.4 Å². The third kappa shape index (κ3) is 4.13. The minimum Gasteiger partial charge on any atom is -0.468 e. The Labute approximate surface area is 123 Å². The van der Waals surface area contributed by atoms with Gasteiger partial charge in [-0.2, -0.15) is 4.98 Å². The molecule has 21 heavy (non-hydrogen) atoms. The summed E-state index contributed by atoms with van der Waals surface area (Å²) in [6.45, 7) is 4.60. The van der Waals surface area contributed by atoms with E-state index in [0.29, 0.717) is 18.3 Å². The average Bonchev–Trinajstić information content (AvgIpc) is 2.95. The van der Waals surface area contributed by atoms with Crippen LogP contribution in [0.4, 0.5) is 0 Å². The third-order valence-electron chi connectivity index (χ3n) is 3.13. The molecule has 0 fully saturated rings. The van der Waals surface area contributed by atoms with Gasteiger partial charge in [0.05, 0.1) is 20.2 Å². The second kappa shape index (κ2) is 6.99. The second-order valence-electron chi connectivity index (χ2n) is 4.95. The fourth-order valence-corrected chi connectivity index (χ4v) is 1.85. The monoisotopic (exact) mass is 289 g/mol. The molecule has 0 atom stereocenters. The maximum Gasteiger partial charge on any atom is 0.319 e. The molecule has 0 aliphatic heterocycles. The number of carbonyl (C=O) groups excluding carboxylic acids is 1. The molecule has 0 saturated carbocycles. The Morgan fingerprint density at radius 2 is 2.05 bits per heavy atom. The number of esters is 1. The summed E-state index contributed by atoms with van der Waals surface area (Å²) in [5.74, 6) is 0.741. The number of ether oxygens (including phenoxy) is 1. The Balaban J connectivity index is 2.08. The van der Waals surface area contributed by atoms with Crippen molar-refractivity contribution in [1.82, 2.24) is 15.0 Å². The predicted octanol–water partition coefficient (Wildman–Crippen LogP) is 2.12. The molecule has 0 aliphatic carbocycles. The molecule has 1 heterocycles. The molecule has 1 aromatic heterocycles. The minimum atomic E-state index is -0.286. The predicted molar refractivity (Wildman–Crippen MR) is 77.3 cm³/mol. The van der Waals surface area contributed by atoms with E-state index < -0.39 is 0 Å². The van der Waals surface area contributed by atoms with Gasteiger partial charge in [0.1, 0.15) is 0 Å². The fraction of sp³-hybridized carbons (Fsp3) is 0.400. The highest BCUT2D eigenvalue weighted by Crippen LogP contribution is 2.16. The molecule has 0 N–H and O–H groups in total. The van der Waals surface area contributed by atoms with Crippen molar-refractivity contribution in [3.63, 3.8) is 0 Å². The van der Waals surface area contributed by atoms with Crippen LogP contribution in [0.2, 0.25) is 0 Å². The maximum atomic E-state index is 11.4. The van der Waals surface area contributed by atoms with Gasteiger partial charge in [0, 0.05) is 11.6 Å². The van der Waals surface area contributed by atoms with Gasteiger partial charge in [-0.25, -0.2) is 0 Å². The Kier molecular flexibility index (Phi) is 5.05. The van der Waals surface area contributed by atoms with Gasteiger partial charge in [-0.15, -0.1) is 0 Å². The third-order valence-corrected chi connectivity index (χ3v) is 3.13. The lowest BCUT2D eigenvalue weighted by Crippen LogP contribution is -2.35. The minimum absolute atomic E-state index is 0.163. The lowest BCUT2D eigenvalue weighted by atomic mass is 10.2. The summed E-state index contributed by atoms with van der Waals surface area (Å²) in [5.41, 5.74) is 0.900. The van der Waals surface area contributed by atoms with Crippen LogP contribution >= 0.6 is 0 Å². The highest BCUT2D eigenvalue weighted by Gasteiger charge is 2.18. The highest BCUT2D eigenvalue weighted by atomic mass is 16.5. The zero-order valence-corrected chi connectivity index (χ0v) is 12.4. The van der Waals surface area contributed by atoms with E-state index in [-0.39, 0.29) is 18.6 Å². The molecule has 0 amide bonds. The maximum absolute atomic E-state index is 11.4. The van der Waals surface area contributed by atoms with Gasteiger partial charge >= 0.3 is 5.97 Å². The first kappa shape index (κ1) is 15.2. The van der Waals surface area contributed by atoms with E-state index in [9.17, 15) is 4.79 Å². The summed E-state index contributed by atoms with van der Waals surface area (Å²) in [7, 11) is 1.38. The van der Waals surface area contributed by atoms with Crippen LogP contribution in [0.25, 0.3) is 11.4 Å². The number of methoxy groups -OCH3 is 1. The van der Waals surface area contributed by atoms with Gasteiger partial charge in [-0.3, -0.25) is 9.69 Å². The molecule has 0 radical (unpaired) electrons. The topological polar surface area (TPSA) is 68.5 Å². The molecule has 2 aromatic rings. The molecule has 6 nitrogen and oxygen atoms in total. The van der Waals surface area contributed by atoms with E-state index in [1.54, 1.807) is 0 Å². The van der Waals surface area contributed by atoms with E-state index in [1.807, 2.05) is 49.1 Å². The number of benzene rings is 1. The Hall–Kier alpha value is -2.21. The zero-order valence-electron chi connectivity index (χ0n) is 12.4. The van der Waals surface area contributed by atoms with Gasteiger partial charge in [0.25, 0.3) is 0 Å². The largest absolute Gasteiger partial charge is 0.468 e. The summed E-state index contributed by atoms with van der Waals surface area (Å²) >= 11 is 0. The zero-order chi connectivity index (χ0) is 15.2. The molecule has 6 heteroatoms. The summed E-state index contributed by atoms with van der Waals surface area (Å²) < 4.78 is 9.96. The van der Waals surface area contributed by atoms with Gasteiger partial charge in [-0.05, 0) is 13.8 Å². The van der Waals surface area contributed by atoms with Crippen LogP contribution in [0, 0.1) is 0 Å². The molecule has 0 bridgehead atoms. The lowest BCUT2D eigenvalue weighted by Gasteiger charge is -2.22. The van der Waals surface area contributed by atoms with E-state index in [2.05, 4.69) is 10.1 Å². The standard InChI is InChI=1S/C15H19N3O3/c1-11(2)18(10-14(19)20-3)9-13-16-15(17-21-13)12-7-5-4-6-8-12/h4-8,11H,9-10H2,1-3H3. The van der Waals surface area contributed by atoms with Crippen LogP contribution in [-0.2, 0) is 16.1 Å². The van der Waals surface area contributed by atoms with Crippen molar-refractivity contribution >= 4 is 5.97 Å². The van der Waals surface area contributed by atoms with Gasteiger partial charge in [-0.1, -0.05) is 35.5 Å². The van der Waals surface area contributed by atoms with Crippen LogP contribution in [0.3, 0.4) is 0 Å². The molecule has 2 rings (SSSR count). The SMILES string of the molecule is COC(=O)CN(Cc1nc(-c2ccccc2)no1)C(C)C. The molecule has 0 saturated heterocycles. The van der Waals surface area contributed by atoms with Crippen molar-refractivity contribution in [2.24, 2.45) is 0 Å². The molecule has 1 aromatic carbocycles. The van der Waals surface area contributed by atoms with E-state index in [1.165, 1.54) is 7.11 Å². The number of rotatable bonds is 6. The molecular formula is C15H19N3O3. The molecular weight excluding hydrogens is 270 g/mol. The van der Waals surface area contributed by atoms with Crippen LogP contribution in [0.5, 0.6) is 0 Å². The first-order valence-electron chi connectivity index (χ1n) is 6.79.